The van der Waals surface area contributed by atoms with E-state index in [9.17, 15) is 4.39 Å². The number of nitrogens with zero attached hydrogens (tertiary/aromatic N) is 3. The third-order valence-electron chi connectivity index (χ3n) is 1.97. The van der Waals surface area contributed by atoms with E-state index in [0.29, 0.717) is 5.82 Å². The average molecular weight is 262 g/mol. The fraction of sp³-hybridized carbons (Fsp3) is 0.222. The van der Waals surface area contributed by atoms with Gasteiger partial charge in [-0.1, -0.05) is 23.2 Å². The first-order valence-corrected chi connectivity index (χ1v) is 5.03. The normalized spacial score (nSPS) is 10.8. The molecule has 0 aromatic carbocycles. The molecule has 2 aromatic rings. The van der Waals surface area contributed by atoms with Crippen LogP contribution < -0.4 is 4.74 Å². The Hall–Kier alpha value is -1.20. The van der Waals surface area contributed by atoms with Gasteiger partial charge in [-0.3, -0.25) is 0 Å². The molecule has 0 atom stereocenters. The number of hydrogen-bond acceptors (Lipinski definition) is 4. The number of ether oxygens (including phenoxy) is 1. The maximum atomic E-state index is 13.7. The first-order chi connectivity index (χ1) is 7.54. The zero-order valence-corrected chi connectivity index (χ0v) is 9.90. The molecule has 7 heteroatoms. The van der Waals surface area contributed by atoms with Crippen LogP contribution in [0.5, 0.6) is 5.88 Å². The van der Waals surface area contributed by atoms with E-state index in [4.69, 9.17) is 27.9 Å². The molecular weight excluding hydrogens is 256 g/mol. The molecule has 0 aliphatic rings. The van der Waals surface area contributed by atoms with Crippen molar-refractivity contribution in [3.63, 3.8) is 0 Å². The molecule has 16 heavy (non-hydrogen) atoms. The van der Waals surface area contributed by atoms with Crippen LogP contribution in [-0.2, 0) is 0 Å². The maximum absolute atomic E-state index is 13.7. The van der Waals surface area contributed by atoms with Crippen LogP contribution in [0.25, 0.3) is 10.9 Å². The molecule has 0 aliphatic carbocycles. The highest BCUT2D eigenvalue weighted by molar-refractivity contribution is 6.35. The van der Waals surface area contributed by atoms with Gasteiger partial charge in [0.2, 0.25) is 5.88 Å². The fourth-order valence-electron chi connectivity index (χ4n) is 1.33. The van der Waals surface area contributed by atoms with Crippen molar-refractivity contribution in [2.75, 3.05) is 7.11 Å². The van der Waals surface area contributed by atoms with Crippen LogP contribution in [0.4, 0.5) is 4.39 Å². The molecule has 0 bridgehead atoms. The van der Waals surface area contributed by atoms with Gasteiger partial charge in [0, 0.05) is 0 Å². The Labute approximate surface area is 100 Å². The van der Waals surface area contributed by atoms with Gasteiger partial charge in [-0.25, -0.2) is 14.4 Å². The van der Waals surface area contributed by atoms with E-state index in [1.54, 1.807) is 6.92 Å². The number of hydrogen-bond donors (Lipinski definition) is 0. The minimum atomic E-state index is -0.732. The summed E-state index contributed by atoms with van der Waals surface area (Å²) in [6, 6.07) is 0. The van der Waals surface area contributed by atoms with Crippen molar-refractivity contribution in [2.24, 2.45) is 0 Å². The second-order valence-corrected chi connectivity index (χ2v) is 3.73. The predicted octanol–water partition coefficient (Wildman–Crippen LogP) is 2.79. The van der Waals surface area contributed by atoms with Crippen molar-refractivity contribution in [2.45, 2.75) is 6.92 Å². The summed E-state index contributed by atoms with van der Waals surface area (Å²) in [5, 5.41) is -0.00222. The highest BCUT2D eigenvalue weighted by Gasteiger charge is 2.18. The number of halogens is 3. The third kappa shape index (κ3) is 1.66. The van der Waals surface area contributed by atoms with Gasteiger partial charge < -0.3 is 4.74 Å². The number of rotatable bonds is 1. The molecule has 0 saturated heterocycles. The monoisotopic (exact) mass is 261 g/mol. The zero-order valence-electron chi connectivity index (χ0n) is 8.38. The number of pyridine rings is 1. The molecule has 0 spiro atoms. The highest BCUT2D eigenvalue weighted by atomic mass is 35.5. The summed E-state index contributed by atoms with van der Waals surface area (Å²) in [6.07, 6.45) is 0. The fourth-order valence-corrected chi connectivity index (χ4v) is 1.79. The average Bonchev–Trinajstić information content (AvgIpc) is 2.23. The Balaban J connectivity index is 2.98. The number of aryl methyl sites for hydroxylation is 1. The third-order valence-corrected chi connectivity index (χ3v) is 2.50. The van der Waals surface area contributed by atoms with Gasteiger partial charge in [-0.05, 0) is 6.92 Å². The summed E-state index contributed by atoms with van der Waals surface area (Å²) < 4.78 is 18.6. The van der Waals surface area contributed by atoms with Crippen LogP contribution in [0.2, 0.25) is 10.3 Å². The SMILES string of the molecule is COc1nc(Cl)c(F)c2nc(C)nc(Cl)c12. The molecule has 0 fully saturated rings. The van der Waals surface area contributed by atoms with Crippen LogP contribution in [0, 0.1) is 12.7 Å². The van der Waals surface area contributed by atoms with Crippen LogP contribution in [0.1, 0.15) is 5.82 Å². The largest absolute Gasteiger partial charge is 0.480 e. The van der Waals surface area contributed by atoms with Crippen molar-refractivity contribution in [3.05, 3.63) is 21.9 Å². The van der Waals surface area contributed by atoms with E-state index >= 15 is 0 Å². The van der Waals surface area contributed by atoms with Crippen molar-refractivity contribution in [1.29, 1.82) is 0 Å². The second kappa shape index (κ2) is 3.99. The highest BCUT2D eigenvalue weighted by Crippen LogP contribution is 2.32. The Bertz CT molecular complexity index is 576. The van der Waals surface area contributed by atoms with Gasteiger partial charge in [-0.15, -0.1) is 0 Å². The van der Waals surface area contributed by atoms with Crippen molar-refractivity contribution < 1.29 is 9.13 Å². The van der Waals surface area contributed by atoms with E-state index in [1.165, 1.54) is 7.11 Å². The molecule has 0 unspecified atom stereocenters. The van der Waals surface area contributed by atoms with Gasteiger partial charge in [0.1, 0.15) is 21.9 Å². The molecule has 0 N–H and O–H groups in total. The van der Waals surface area contributed by atoms with E-state index in [1.807, 2.05) is 0 Å². The van der Waals surface area contributed by atoms with E-state index < -0.39 is 5.82 Å². The molecule has 0 aliphatic heterocycles. The summed E-state index contributed by atoms with van der Waals surface area (Å²) in [5.74, 6) is -0.281. The first-order valence-electron chi connectivity index (χ1n) is 4.27. The number of aromatic nitrogens is 3. The van der Waals surface area contributed by atoms with Gasteiger partial charge in [-0.2, -0.15) is 4.98 Å². The summed E-state index contributed by atoms with van der Waals surface area (Å²) in [6.45, 7) is 1.60. The Morgan fingerprint density at radius 3 is 2.44 bits per heavy atom. The van der Waals surface area contributed by atoms with Crippen molar-refractivity contribution in [1.82, 2.24) is 15.0 Å². The van der Waals surface area contributed by atoms with Crippen LogP contribution in [-0.4, -0.2) is 22.1 Å². The van der Waals surface area contributed by atoms with Crippen LogP contribution in [0.3, 0.4) is 0 Å². The summed E-state index contributed by atoms with van der Waals surface area (Å²) in [7, 11) is 1.38. The summed E-state index contributed by atoms with van der Waals surface area (Å²) in [4.78, 5) is 11.5. The number of fused-ring (bicyclic) bond motifs is 1. The lowest BCUT2D eigenvalue weighted by atomic mass is 10.3. The van der Waals surface area contributed by atoms with E-state index in [-0.39, 0.29) is 27.1 Å². The van der Waals surface area contributed by atoms with E-state index in [0.717, 1.165) is 0 Å². The minimum absolute atomic E-state index is 0.00866. The quantitative estimate of drug-likeness (QED) is 0.585. The first kappa shape index (κ1) is 11.3. The van der Waals surface area contributed by atoms with Gasteiger partial charge in [0.25, 0.3) is 0 Å². The summed E-state index contributed by atoms with van der Waals surface area (Å²) in [5.41, 5.74) is 0.00866. The molecule has 2 rings (SSSR count). The summed E-state index contributed by atoms with van der Waals surface area (Å²) >= 11 is 11.5. The Morgan fingerprint density at radius 1 is 1.12 bits per heavy atom. The second-order valence-electron chi connectivity index (χ2n) is 3.01. The molecule has 0 amide bonds. The maximum Gasteiger partial charge on any atom is 0.227 e. The van der Waals surface area contributed by atoms with Gasteiger partial charge in [0.15, 0.2) is 11.0 Å². The predicted molar refractivity (Wildman–Crippen MR) is 58.6 cm³/mol. The minimum Gasteiger partial charge on any atom is -0.480 e. The molecule has 0 saturated carbocycles. The molecule has 2 heterocycles. The molecule has 2 aromatic heterocycles. The topological polar surface area (TPSA) is 47.9 Å². The molecular formula is C9H6Cl2FN3O. The van der Waals surface area contributed by atoms with Crippen LogP contribution in [0.15, 0.2) is 0 Å². The molecule has 0 radical (unpaired) electrons. The van der Waals surface area contributed by atoms with E-state index in [2.05, 4.69) is 15.0 Å². The Morgan fingerprint density at radius 2 is 1.81 bits per heavy atom. The Kier molecular flexibility index (Phi) is 2.82. The molecule has 4 nitrogen and oxygen atoms in total. The lowest BCUT2D eigenvalue weighted by Crippen LogP contribution is -1.99. The van der Waals surface area contributed by atoms with Crippen molar-refractivity contribution in [3.8, 4) is 5.88 Å². The molecule has 84 valence electrons. The standard InChI is InChI=1S/C9H6Cl2FN3O/c1-3-13-6-4(7(10)14-3)9(16-2)15-8(11)5(6)12/h1-2H3. The zero-order chi connectivity index (χ0) is 11.9. The van der Waals surface area contributed by atoms with Crippen LogP contribution >= 0.6 is 23.2 Å². The number of methoxy groups -OCH3 is 1. The lowest BCUT2D eigenvalue weighted by molar-refractivity contribution is 0.402. The lowest BCUT2D eigenvalue weighted by Gasteiger charge is -2.07. The van der Waals surface area contributed by atoms with Gasteiger partial charge >= 0.3 is 0 Å². The smallest absolute Gasteiger partial charge is 0.227 e. The van der Waals surface area contributed by atoms with Crippen molar-refractivity contribution >= 4 is 34.1 Å². The van der Waals surface area contributed by atoms with Gasteiger partial charge in [0.05, 0.1) is 7.11 Å².